The predicted molar refractivity (Wildman–Crippen MR) is 102 cm³/mol. The minimum atomic E-state index is -3.11. The average Bonchev–Trinajstić information content (AvgIpc) is 2.83. The molecule has 2 aliphatic rings. The minimum absolute atomic E-state index is 0.00233. The second-order valence-electron chi connectivity index (χ2n) is 7.82. The number of hydrogen-bond donors (Lipinski definition) is 0. The number of carbonyl (C=O) groups excluding carboxylic acids is 1. The van der Waals surface area contributed by atoms with Crippen molar-refractivity contribution in [2.75, 3.05) is 11.5 Å². The standard InChI is InChI=1S/C18H23Cl2NO4S/c1-11-4-5-13(25-11)9-21(12-6-7-26(23,24)10-12)17(22)16-14(8-15(19)20)18(16,2)3/h4-5,8,12,14,16H,6-7,9-10H2,1-3H3/t12-,14+,16-/m1/s1. The molecule has 2 fully saturated rings. The van der Waals surface area contributed by atoms with Crippen LogP contribution in [0.5, 0.6) is 0 Å². The zero-order valence-electron chi connectivity index (χ0n) is 15.0. The molecule has 1 aliphatic heterocycles. The third-order valence-electron chi connectivity index (χ3n) is 5.54. The second-order valence-corrected chi connectivity index (χ2v) is 11.1. The van der Waals surface area contributed by atoms with E-state index in [1.807, 2.05) is 32.9 Å². The van der Waals surface area contributed by atoms with Crippen molar-refractivity contribution >= 4 is 38.9 Å². The lowest BCUT2D eigenvalue weighted by Gasteiger charge is -2.28. The van der Waals surface area contributed by atoms with Gasteiger partial charge >= 0.3 is 0 Å². The third-order valence-corrected chi connectivity index (χ3v) is 7.54. The molecular formula is C18H23Cl2NO4S. The fourth-order valence-corrected chi connectivity index (χ4v) is 5.92. The lowest BCUT2D eigenvalue weighted by atomic mass is 10.1. The van der Waals surface area contributed by atoms with Crippen LogP contribution in [0.3, 0.4) is 0 Å². The van der Waals surface area contributed by atoms with E-state index < -0.39 is 9.84 Å². The molecule has 0 unspecified atom stereocenters. The summed E-state index contributed by atoms with van der Waals surface area (Å²) in [5.74, 6) is 1.13. The minimum Gasteiger partial charge on any atom is -0.464 e. The van der Waals surface area contributed by atoms with Crippen molar-refractivity contribution in [3.05, 3.63) is 34.2 Å². The maximum absolute atomic E-state index is 13.3. The van der Waals surface area contributed by atoms with Gasteiger partial charge < -0.3 is 9.32 Å². The molecule has 1 amide bonds. The highest BCUT2D eigenvalue weighted by Gasteiger charge is 2.62. The van der Waals surface area contributed by atoms with Gasteiger partial charge in [0, 0.05) is 6.04 Å². The zero-order chi connectivity index (χ0) is 19.3. The van der Waals surface area contributed by atoms with Crippen molar-refractivity contribution in [2.45, 2.75) is 39.8 Å². The Morgan fingerprint density at radius 3 is 2.58 bits per heavy atom. The number of hydrogen-bond acceptors (Lipinski definition) is 4. The van der Waals surface area contributed by atoms with Crippen LogP contribution in [0.15, 0.2) is 27.1 Å². The maximum atomic E-state index is 13.3. The molecule has 0 radical (unpaired) electrons. The van der Waals surface area contributed by atoms with E-state index in [0.29, 0.717) is 12.2 Å². The monoisotopic (exact) mass is 419 g/mol. The van der Waals surface area contributed by atoms with Gasteiger partial charge in [-0.25, -0.2) is 8.42 Å². The highest BCUT2D eigenvalue weighted by atomic mass is 35.5. The van der Waals surface area contributed by atoms with Crippen molar-refractivity contribution in [1.29, 1.82) is 0 Å². The molecule has 1 saturated heterocycles. The van der Waals surface area contributed by atoms with Gasteiger partial charge in [0.25, 0.3) is 0 Å². The lowest BCUT2D eigenvalue weighted by Crippen LogP contribution is -2.42. The SMILES string of the molecule is Cc1ccc(CN(C(=O)[C@H]2[C@H](C=C(Cl)Cl)C2(C)C)[C@@H]2CCS(=O)(=O)C2)o1. The first-order valence-electron chi connectivity index (χ1n) is 8.60. The molecule has 26 heavy (non-hydrogen) atoms. The van der Waals surface area contributed by atoms with Gasteiger partial charge in [-0.15, -0.1) is 0 Å². The fraction of sp³-hybridized carbons (Fsp3) is 0.611. The summed E-state index contributed by atoms with van der Waals surface area (Å²) in [6.45, 7) is 6.09. The Morgan fingerprint density at radius 1 is 1.38 bits per heavy atom. The summed E-state index contributed by atoms with van der Waals surface area (Å²) < 4.78 is 29.7. The molecule has 1 aromatic heterocycles. The van der Waals surface area contributed by atoms with E-state index in [4.69, 9.17) is 27.6 Å². The molecular weight excluding hydrogens is 397 g/mol. The van der Waals surface area contributed by atoms with E-state index in [1.165, 1.54) is 0 Å². The first-order chi connectivity index (χ1) is 12.0. The molecule has 0 spiro atoms. The Hall–Kier alpha value is -0.980. The van der Waals surface area contributed by atoms with Crippen LogP contribution in [0.4, 0.5) is 0 Å². The third kappa shape index (κ3) is 3.97. The fourth-order valence-electron chi connectivity index (χ4n) is 3.92. The van der Waals surface area contributed by atoms with Crippen LogP contribution in [0, 0.1) is 24.2 Å². The van der Waals surface area contributed by atoms with Crippen molar-refractivity contribution in [3.63, 3.8) is 0 Å². The first kappa shape index (κ1) is 19.8. The molecule has 5 nitrogen and oxygen atoms in total. The topological polar surface area (TPSA) is 67.6 Å². The largest absolute Gasteiger partial charge is 0.464 e. The summed E-state index contributed by atoms with van der Waals surface area (Å²) in [6, 6.07) is 3.33. The van der Waals surface area contributed by atoms with Gasteiger partial charge in [-0.05, 0) is 42.9 Å². The van der Waals surface area contributed by atoms with Gasteiger partial charge in [-0.1, -0.05) is 37.0 Å². The van der Waals surface area contributed by atoms with Crippen LogP contribution in [-0.4, -0.2) is 36.8 Å². The maximum Gasteiger partial charge on any atom is 0.227 e. The van der Waals surface area contributed by atoms with Crippen LogP contribution in [0.2, 0.25) is 0 Å². The van der Waals surface area contributed by atoms with Gasteiger partial charge in [-0.2, -0.15) is 0 Å². The molecule has 1 saturated carbocycles. The number of carbonyl (C=O) groups is 1. The number of furan rings is 1. The van der Waals surface area contributed by atoms with Gasteiger partial charge in [0.15, 0.2) is 9.84 Å². The summed E-state index contributed by atoms with van der Waals surface area (Å²) in [4.78, 5) is 15.0. The summed E-state index contributed by atoms with van der Waals surface area (Å²) >= 11 is 11.6. The van der Waals surface area contributed by atoms with Gasteiger partial charge in [-0.3, -0.25) is 4.79 Å². The van der Waals surface area contributed by atoms with Crippen LogP contribution in [-0.2, 0) is 21.2 Å². The Balaban J connectivity index is 1.85. The molecule has 0 N–H and O–H groups in total. The Morgan fingerprint density at radius 2 is 2.08 bits per heavy atom. The van der Waals surface area contributed by atoms with E-state index in [0.717, 1.165) is 5.76 Å². The van der Waals surface area contributed by atoms with Crippen LogP contribution in [0.25, 0.3) is 0 Å². The number of nitrogens with zero attached hydrogens (tertiary/aromatic N) is 1. The molecule has 8 heteroatoms. The second kappa shape index (κ2) is 6.88. The van der Waals surface area contributed by atoms with Gasteiger partial charge in [0.1, 0.15) is 16.0 Å². The van der Waals surface area contributed by atoms with Crippen molar-refractivity contribution in [1.82, 2.24) is 4.90 Å². The summed E-state index contributed by atoms with van der Waals surface area (Å²) in [7, 11) is -3.11. The quantitative estimate of drug-likeness (QED) is 0.729. The van der Waals surface area contributed by atoms with Crippen molar-refractivity contribution in [3.8, 4) is 0 Å². The van der Waals surface area contributed by atoms with E-state index in [1.54, 1.807) is 11.0 Å². The Labute approximate surface area is 164 Å². The van der Waals surface area contributed by atoms with Crippen molar-refractivity contribution in [2.24, 2.45) is 17.3 Å². The molecule has 1 aromatic rings. The predicted octanol–water partition coefficient (Wildman–Crippen LogP) is 3.69. The summed E-state index contributed by atoms with van der Waals surface area (Å²) in [5, 5.41) is 0. The van der Waals surface area contributed by atoms with E-state index >= 15 is 0 Å². The smallest absolute Gasteiger partial charge is 0.227 e. The first-order valence-corrected chi connectivity index (χ1v) is 11.2. The number of rotatable bonds is 5. The van der Waals surface area contributed by atoms with Crippen molar-refractivity contribution < 1.29 is 17.6 Å². The van der Waals surface area contributed by atoms with Crippen LogP contribution in [0.1, 0.15) is 31.8 Å². The molecule has 2 heterocycles. The van der Waals surface area contributed by atoms with E-state index in [9.17, 15) is 13.2 Å². The Bertz CT molecular complexity index is 839. The molecule has 1 aliphatic carbocycles. The lowest BCUT2D eigenvalue weighted by molar-refractivity contribution is -0.136. The molecule has 3 atom stereocenters. The average molecular weight is 420 g/mol. The van der Waals surface area contributed by atoms with E-state index in [2.05, 4.69) is 0 Å². The number of amides is 1. The number of halogens is 2. The van der Waals surface area contributed by atoms with Gasteiger partial charge in [0.2, 0.25) is 5.91 Å². The van der Waals surface area contributed by atoms with Gasteiger partial charge in [0.05, 0.1) is 24.0 Å². The Kier molecular flexibility index (Phi) is 5.23. The highest BCUT2D eigenvalue weighted by Crippen LogP contribution is 2.60. The zero-order valence-corrected chi connectivity index (χ0v) is 17.4. The van der Waals surface area contributed by atoms with E-state index in [-0.39, 0.29) is 51.7 Å². The summed E-state index contributed by atoms with van der Waals surface area (Å²) in [6.07, 6.45) is 2.16. The molecule has 3 rings (SSSR count). The highest BCUT2D eigenvalue weighted by molar-refractivity contribution is 7.91. The van der Waals surface area contributed by atoms with Crippen LogP contribution >= 0.6 is 23.2 Å². The number of aryl methyl sites for hydroxylation is 1. The summed E-state index contributed by atoms with van der Waals surface area (Å²) in [5.41, 5.74) is -0.263. The molecule has 144 valence electrons. The number of sulfone groups is 1. The normalized spacial score (nSPS) is 28.6. The molecule has 0 aromatic carbocycles. The van der Waals surface area contributed by atoms with Crippen LogP contribution < -0.4 is 0 Å². The molecule has 0 bridgehead atoms. The number of allylic oxidation sites excluding steroid dienone is 1.